The van der Waals surface area contributed by atoms with E-state index in [9.17, 15) is 0 Å². The molecule has 12 rings (SSSR count). The van der Waals surface area contributed by atoms with Gasteiger partial charge in [0.1, 0.15) is 5.69 Å². The Morgan fingerprint density at radius 1 is 0.279 bits per heavy atom. The Bertz CT molecular complexity index is 3610. The largest absolute Gasteiger partial charge is 0.292 e. The van der Waals surface area contributed by atoms with Gasteiger partial charge in [-0.2, -0.15) is 0 Å². The van der Waals surface area contributed by atoms with Gasteiger partial charge in [-0.1, -0.05) is 182 Å². The van der Waals surface area contributed by atoms with Crippen molar-refractivity contribution >= 4 is 54.4 Å². The number of rotatable bonds is 6. The van der Waals surface area contributed by atoms with Crippen molar-refractivity contribution in [3.63, 3.8) is 0 Å². The van der Waals surface area contributed by atoms with Gasteiger partial charge in [-0.25, -0.2) is 9.97 Å². The van der Waals surface area contributed by atoms with E-state index >= 15 is 0 Å². The summed E-state index contributed by atoms with van der Waals surface area (Å²) in [6.07, 6.45) is 0. The van der Waals surface area contributed by atoms with Crippen LogP contribution in [0.2, 0.25) is 0 Å². The van der Waals surface area contributed by atoms with E-state index in [1.807, 2.05) is 0 Å². The Labute approximate surface area is 353 Å². The van der Waals surface area contributed by atoms with Crippen LogP contribution in [0.15, 0.2) is 224 Å². The quantitative estimate of drug-likeness (QED) is 0.168. The van der Waals surface area contributed by atoms with Crippen LogP contribution in [0.5, 0.6) is 0 Å². The van der Waals surface area contributed by atoms with Crippen molar-refractivity contribution in [2.24, 2.45) is 0 Å². The van der Waals surface area contributed by atoms with E-state index in [0.717, 1.165) is 67.0 Å². The topological polar surface area (TPSA) is 30.7 Å². The molecule has 2 aromatic heterocycles. The summed E-state index contributed by atoms with van der Waals surface area (Å²) < 4.78 is 2.35. The molecule has 0 saturated heterocycles. The second-order valence-corrected chi connectivity index (χ2v) is 15.8. The standard InChI is InChI=1S/C58H37N3/c1-4-14-38(15-5-1)41-24-27-43(28-25-41)57-58(61-55-31-30-47(39-16-6-2-7-17-39)34-51(55)52-33-45-22-12-13-23-46(45)35-56(52)61)60-54-36-49(42-19-8-3-9-20-42)50(37-53(54)59-57)48-29-26-40-18-10-11-21-44(40)32-48/h1-37H. The Balaban J connectivity index is 1.16. The first-order valence-electron chi connectivity index (χ1n) is 20.8. The third-order valence-corrected chi connectivity index (χ3v) is 12.1. The van der Waals surface area contributed by atoms with Crippen LogP contribution < -0.4 is 0 Å². The third kappa shape index (κ3) is 6.06. The zero-order chi connectivity index (χ0) is 40.3. The normalized spacial score (nSPS) is 11.6. The molecule has 0 saturated carbocycles. The van der Waals surface area contributed by atoms with E-state index in [2.05, 4.69) is 229 Å². The molecular weight excluding hydrogens is 739 g/mol. The Hall–Kier alpha value is -8.14. The molecule has 0 aliphatic carbocycles. The molecule has 3 heteroatoms. The highest BCUT2D eigenvalue weighted by atomic mass is 15.1. The molecule has 0 N–H and O–H groups in total. The average Bonchev–Trinajstić information content (AvgIpc) is 3.65. The van der Waals surface area contributed by atoms with Gasteiger partial charge in [0.05, 0.1) is 22.1 Å². The van der Waals surface area contributed by atoms with E-state index in [4.69, 9.17) is 9.97 Å². The van der Waals surface area contributed by atoms with Crippen LogP contribution in [-0.2, 0) is 0 Å². The monoisotopic (exact) mass is 775 g/mol. The number of aromatic nitrogens is 3. The summed E-state index contributed by atoms with van der Waals surface area (Å²) in [6, 6.07) is 80.5. The SMILES string of the molecule is c1ccc(-c2ccc(-c3nc4cc(-c5ccc6ccccc6c5)c(-c5ccccc5)cc4nc3-n3c4ccc(-c5ccccc5)cc4c4cc5ccccc5cc43)cc2)cc1. The molecule has 0 amide bonds. The number of nitrogens with zero attached hydrogens (tertiary/aromatic N) is 3. The smallest absolute Gasteiger partial charge is 0.165 e. The van der Waals surface area contributed by atoms with E-state index in [1.165, 1.54) is 49.0 Å². The highest BCUT2D eigenvalue weighted by molar-refractivity contribution is 6.15. The average molecular weight is 776 g/mol. The van der Waals surface area contributed by atoms with Crippen molar-refractivity contribution in [2.45, 2.75) is 0 Å². The van der Waals surface area contributed by atoms with Crippen molar-refractivity contribution in [1.82, 2.24) is 14.5 Å². The summed E-state index contributed by atoms with van der Waals surface area (Å²) >= 11 is 0. The fraction of sp³-hybridized carbons (Fsp3) is 0. The number of hydrogen-bond acceptors (Lipinski definition) is 2. The van der Waals surface area contributed by atoms with Crippen LogP contribution in [-0.4, -0.2) is 14.5 Å². The van der Waals surface area contributed by atoms with Crippen LogP contribution in [0.4, 0.5) is 0 Å². The summed E-state index contributed by atoms with van der Waals surface area (Å²) in [4.78, 5) is 11.4. The van der Waals surface area contributed by atoms with Crippen LogP contribution in [0.1, 0.15) is 0 Å². The first-order chi connectivity index (χ1) is 30.2. The van der Waals surface area contributed by atoms with E-state index < -0.39 is 0 Å². The maximum atomic E-state index is 5.71. The van der Waals surface area contributed by atoms with Gasteiger partial charge in [0.25, 0.3) is 0 Å². The molecule has 0 spiro atoms. The van der Waals surface area contributed by atoms with Crippen molar-refractivity contribution < 1.29 is 0 Å². The van der Waals surface area contributed by atoms with Gasteiger partial charge in [-0.15, -0.1) is 0 Å². The van der Waals surface area contributed by atoms with Crippen molar-refractivity contribution in [2.75, 3.05) is 0 Å². The van der Waals surface area contributed by atoms with Gasteiger partial charge in [0.15, 0.2) is 5.82 Å². The van der Waals surface area contributed by atoms with E-state index in [0.29, 0.717) is 0 Å². The Morgan fingerprint density at radius 3 is 1.44 bits per heavy atom. The van der Waals surface area contributed by atoms with Gasteiger partial charge >= 0.3 is 0 Å². The lowest BCUT2D eigenvalue weighted by Crippen LogP contribution is -2.04. The predicted octanol–water partition coefficient (Wildman–Crippen LogP) is 15.4. The minimum Gasteiger partial charge on any atom is -0.292 e. The highest BCUT2D eigenvalue weighted by Gasteiger charge is 2.22. The molecule has 3 nitrogen and oxygen atoms in total. The van der Waals surface area contributed by atoms with E-state index in [1.54, 1.807) is 0 Å². The molecule has 12 aromatic rings. The molecule has 0 radical (unpaired) electrons. The molecular formula is C58H37N3. The van der Waals surface area contributed by atoms with Crippen LogP contribution in [0, 0.1) is 0 Å². The zero-order valence-electron chi connectivity index (χ0n) is 33.2. The molecule has 10 aromatic carbocycles. The maximum Gasteiger partial charge on any atom is 0.165 e. The lowest BCUT2D eigenvalue weighted by molar-refractivity contribution is 1.08. The van der Waals surface area contributed by atoms with Gasteiger partial charge < -0.3 is 0 Å². The molecule has 0 aliphatic rings. The molecule has 0 aliphatic heterocycles. The van der Waals surface area contributed by atoms with Gasteiger partial charge in [0, 0.05) is 16.3 Å². The van der Waals surface area contributed by atoms with Crippen molar-refractivity contribution in [1.29, 1.82) is 0 Å². The minimum atomic E-state index is 0.792. The summed E-state index contributed by atoms with van der Waals surface area (Å²) in [7, 11) is 0. The van der Waals surface area contributed by atoms with Crippen molar-refractivity contribution in [3.8, 4) is 61.6 Å². The van der Waals surface area contributed by atoms with Gasteiger partial charge in [0.2, 0.25) is 0 Å². The summed E-state index contributed by atoms with van der Waals surface area (Å²) in [5.41, 5.74) is 14.9. The lowest BCUT2D eigenvalue weighted by Gasteiger charge is -2.17. The zero-order valence-corrected chi connectivity index (χ0v) is 33.2. The van der Waals surface area contributed by atoms with Gasteiger partial charge in [-0.3, -0.25) is 4.57 Å². The molecule has 0 bridgehead atoms. The first kappa shape index (κ1) is 34.9. The van der Waals surface area contributed by atoms with E-state index in [-0.39, 0.29) is 0 Å². The van der Waals surface area contributed by atoms with Crippen LogP contribution >= 0.6 is 0 Å². The molecule has 2 heterocycles. The number of fused-ring (bicyclic) bond motifs is 6. The third-order valence-electron chi connectivity index (χ3n) is 12.1. The highest BCUT2D eigenvalue weighted by Crippen LogP contribution is 2.42. The second kappa shape index (κ2) is 14.3. The van der Waals surface area contributed by atoms with Crippen LogP contribution in [0.3, 0.4) is 0 Å². The van der Waals surface area contributed by atoms with Crippen LogP contribution in [0.25, 0.3) is 116 Å². The van der Waals surface area contributed by atoms with Crippen molar-refractivity contribution in [3.05, 3.63) is 224 Å². The summed E-state index contributed by atoms with van der Waals surface area (Å²) in [5.74, 6) is 0.792. The summed E-state index contributed by atoms with van der Waals surface area (Å²) in [6.45, 7) is 0. The fourth-order valence-corrected chi connectivity index (χ4v) is 9.09. The Kier molecular flexibility index (Phi) is 8.17. The summed E-state index contributed by atoms with van der Waals surface area (Å²) in [5, 5.41) is 7.15. The minimum absolute atomic E-state index is 0.792. The maximum absolute atomic E-state index is 5.71. The molecule has 284 valence electrons. The second-order valence-electron chi connectivity index (χ2n) is 15.8. The fourth-order valence-electron chi connectivity index (χ4n) is 9.09. The molecule has 0 atom stereocenters. The number of benzene rings is 10. The molecule has 61 heavy (non-hydrogen) atoms. The first-order valence-corrected chi connectivity index (χ1v) is 20.8. The Morgan fingerprint density at radius 2 is 0.754 bits per heavy atom. The lowest BCUT2D eigenvalue weighted by atomic mass is 9.92. The van der Waals surface area contributed by atoms with Gasteiger partial charge in [-0.05, 0) is 109 Å². The molecule has 0 unspecified atom stereocenters. The molecule has 0 fully saturated rings. The number of hydrogen-bond donors (Lipinski definition) is 0. The predicted molar refractivity (Wildman–Crippen MR) is 256 cm³/mol.